The normalized spacial score (nSPS) is 13.3. The molecule has 2 heterocycles. The Morgan fingerprint density at radius 3 is 2.88 bits per heavy atom. The van der Waals surface area contributed by atoms with Gasteiger partial charge in [0.05, 0.1) is 11.1 Å². The van der Waals surface area contributed by atoms with Crippen LogP contribution in [0.1, 0.15) is 29.1 Å². The fourth-order valence-electron chi connectivity index (χ4n) is 3.18. The van der Waals surface area contributed by atoms with Crippen LogP contribution in [0.5, 0.6) is 0 Å². The number of hydrogen-bond donors (Lipinski definition) is 2. The third-order valence-corrected chi connectivity index (χ3v) is 6.54. The van der Waals surface area contributed by atoms with Crippen LogP contribution in [-0.4, -0.2) is 28.2 Å². The van der Waals surface area contributed by atoms with Crippen molar-refractivity contribution >= 4 is 39.1 Å². The van der Waals surface area contributed by atoms with Crippen LogP contribution in [0.25, 0.3) is 10.2 Å². The molecule has 130 valence electrons. The third-order valence-electron chi connectivity index (χ3n) is 4.35. The van der Waals surface area contributed by atoms with Gasteiger partial charge in [0.15, 0.2) is 0 Å². The van der Waals surface area contributed by atoms with Gasteiger partial charge < -0.3 is 10.4 Å². The molecule has 1 aliphatic rings. The maximum Gasteiger partial charge on any atom is 0.142 e. The Balaban J connectivity index is 1.63. The molecule has 0 aliphatic heterocycles. The Hall–Kier alpha value is -1.63. The minimum absolute atomic E-state index is 0.194. The first-order valence-corrected chi connectivity index (χ1v) is 10.5. The molecule has 2 N–H and O–H groups in total. The SMILES string of the molecule is OCCCNc1nc(CSc2ccccc2)nc2sc3c(c12)CCC3. The lowest BCUT2D eigenvalue weighted by Gasteiger charge is -2.09. The van der Waals surface area contributed by atoms with Crippen LogP contribution in [0.4, 0.5) is 5.82 Å². The zero-order valence-corrected chi connectivity index (χ0v) is 15.6. The molecule has 0 fully saturated rings. The predicted molar refractivity (Wildman–Crippen MR) is 106 cm³/mol. The fourth-order valence-corrected chi connectivity index (χ4v) is 5.24. The van der Waals surface area contributed by atoms with Crippen molar-refractivity contribution in [3.8, 4) is 0 Å². The second kappa shape index (κ2) is 7.72. The highest BCUT2D eigenvalue weighted by Gasteiger charge is 2.22. The van der Waals surface area contributed by atoms with E-state index in [-0.39, 0.29) is 6.61 Å². The number of thiophene rings is 1. The number of nitrogens with one attached hydrogen (secondary N) is 1. The number of anilines is 1. The lowest BCUT2D eigenvalue weighted by molar-refractivity contribution is 0.292. The van der Waals surface area contributed by atoms with E-state index in [1.165, 1.54) is 33.6 Å². The van der Waals surface area contributed by atoms with E-state index in [4.69, 9.17) is 15.1 Å². The summed E-state index contributed by atoms with van der Waals surface area (Å²) in [7, 11) is 0. The number of hydrogen-bond acceptors (Lipinski definition) is 6. The van der Waals surface area contributed by atoms with Crippen LogP contribution in [0.15, 0.2) is 35.2 Å². The molecule has 0 saturated carbocycles. The molecule has 3 aromatic rings. The van der Waals surface area contributed by atoms with E-state index in [2.05, 4.69) is 29.6 Å². The van der Waals surface area contributed by atoms with Crippen LogP contribution in [0.3, 0.4) is 0 Å². The third kappa shape index (κ3) is 3.66. The van der Waals surface area contributed by atoms with Crippen molar-refractivity contribution in [2.24, 2.45) is 0 Å². The van der Waals surface area contributed by atoms with E-state index in [1.807, 2.05) is 17.4 Å². The zero-order valence-electron chi connectivity index (χ0n) is 14.0. The van der Waals surface area contributed by atoms with E-state index in [9.17, 15) is 0 Å². The van der Waals surface area contributed by atoms with Crippen molar-refractivity contribution in [1.29, 1.82) is 0 Å². The van der Waals surface area contributed by atoms with E-state index in [1.54, 1.807) is 11.8 Å². The average molecular weight is 372 g/mol. The molecule has 0 radical (unpaired) electrons. The quantitative estimate of drug-likeness (QED) is 0.480. The van der Waals surface area contributed by atoms with Gasteiger partial charge in [0.25, 0.3) is 0 Å². The molecular weight excluding hydrogens is 350 g/mol. The molecule has 1 aliphatic carbocycles. The largest absolute Gasteiger partial charge is 0.396 e. The van der Waals surface area contributed by atoms with Crippen molar-refractivity contribution in [3.63, 3.8) is 0 Å². The summed E-state index contributed by atoms with van der Waals surface area (Å²) in [6.45, 7) is 0.929. The van der Waals surface area contributed by atoms with Gasteiger partial charge in [-0.25, -0.2) is 9.97 Å². The fraction of sp³-hybridized carbons (Fsp3) is 0.368. The second-order valence-corrected chi connectivity index (χ2v) is 8.26. The Labute approximate surface area is 155 Å². The number of benzene rings is 1. The van der Waals surface area contributed by atoms with Gasteiger partial charge >= 0.3 is 0 Å². The smallest absolute Gasteiger partial charge is 0.142 e. The zero-order chi connectivity index (χ0) is 17.1. The lowest BCUT2D eigenvalue weighted by Crippen LogP contribution is -2.08. The molecule has 0 atom stereocenters. The van der Waals surface area contributed by atoms with Crippen molar-refractivity contribution in [3.05, 3.63) is 46.6 Å². The van der Waals surface area contributed by atoms with Crippen LogP contribution in [0, 0.1) is 0 Å². The lowest BCUT2D eigenvalue weighted by atomic mass is 10.2. The van der Waals surface area contributed by atoms with Gasteiger partial charge in [-0.1, -0.05) is 18.2 Å². The molecule has 6 heteroatoms. The number of thioether (sulfide) groups is 1. The number of aryl methyl sites for hydroxylation is 2. The summed E-state index contributed by atoms with van der Waals surface area (Å²) in [6, 6.07) is 10.4. The number of aliphatic hydroxyl groups excluding tert-OH is 1. The van der Waals surface area contributed by atoms with Gasteiger partial charge in [0.2, 0.25) is 0 Å². The van der Waals surface area contributed by atoms with Crippen molar-refractivity contribution < 1.29 is 5.11 Å². The molecule has 0 bridgehead atoms. The topological polar surface area (TPSA) is 58.0 Å². The molecule has 4 rings (SSSR count). The molecule has 1 aromatic carbocycles. The van der Waals surface area contributed by atoms with Gasteiger partial charge in [-0.2, -0.15) is 0 Å². The predicted octanol–water partition coefficient (Wildman–Crippen LogP) is 4.27. The molecule has 0 amide bonds. The van der Waals surface area contributed by atoms with Crippen LogP contribution in [-0.2, 0) is 18.6 Å². The highest BCUT2D eigenvalue weighted by Crippen LogP contribution is 2.39. The van der Waals surface area contributed by atoms with E-state index in [0.29, 0.717) is 0 Å². The molecule has 0 unspecified atom stereocenters. The number of rotatable bonds is 7. The van der Waals surface area contributed by atoms with Crippen LogP contribution in [0.2, 0.25) is 0 Å². The van der Waals surface area contributed by atoms with Gasteiger partial charge in [-0.15, -0.1) is 23.1 Å². The maximum absolute atomic E-state index is 9.06. The Morgan fingerprint density at radius 2 is 2.04 bits per heavy atom. The van der Waals surface area contributed by atoms with Gasteiger partial charge in [0, 0.05) is 22.9 Å². The minimum atomic E-state index is 0.194. The summed E-state index contributed by atoms with van der Waals surface area (Å²) in [5, 5.41) is 13.7. The highest BCUT2D eigenvalue weighted by atomic mass is 32.2. The Bertz CT molecular complexity index is 864. The van der Waals surface area contributed by atoms with E-state index < -0.39 is 0 Å². The van der Waals surface area contributed by atoms with Gasteiger partial charge in [-0.05, 0) is 43.4 Å². The van der Waals surface area contributed by atoms with Crippen molar-refractivity contribution in [2.75, 3.05) is 18.5 Å². The minimum Gasteiger partial charge on any atom is -0.396 e. The van der Waals surface area contributed by atoms with Crippen LogP contribution < -0.4 is 5.32 Å². The summed E-state index contributed by atoms with van der Waals surface area (Å²) in [5.74, 6) is 2.58. The van der Waals surface area contributed by atoms with Crippen LogP contribution >= 0.6 is 23.1 Å². The van der Waals surface area contributed by atoms with Gasteiger partial charge in [0.1, 0.15) is 16.5 Å². The molecular formula is C19H21N3OS2. The summed E-state index contributed by atoms with van der Waals surface area (Å²) < 4.78 is 0. The van der Waals surface area contributed by atoms with Crippen molar-refractivity contribution in [2.45, 2.75) is 36.3 Å². The summed E-state index contributed by atoms with van der Waals surface area (Å²) in [6.07, 6.45) is 4.26. The molecule has 25 heavy (non-hydrogen) atoms. The summed E-state index contributed by atoms with van der Waals surface area (Å²) in [5.41, 5.74) is 1.44. The van der Waals surface area contributed by atoms with E-state index >= 15 is 0 Å². The highest BCUT2D eigenvalue weighted by molar-refractivity contribution is 7.98. The first-order chi connectivity index (χ1) is 12.3. The number of aromatic nitrogens is 2. The Kier molecular flexibility index (Phi) is 5.20. The van der Waals surface area contributed by atoms with Gasteiger partial charge in [-0.3, -0.25) is 0 Å². The monoisotopic (exact) mass is 371 g/mol. The average Bonchev–Trinajstić information content (AvgIpc) is 3.21. The number of aliphatic hydroxyl groups is 1. The second-order valence-electron chi connectivity index (χ2n) is 6.13. The van der Waals surface area contributed by atoms with Crippen molar-refractivity contribution in [1.82, 2.24) is 9.97 Å². The first-order valence-electron chi connectivity index (χ1n) is 8.69. The number of nitrogens with zero attached hydrogens (tertiary/aromatic N) is 2. The maximum atomic E-state index is 9.06. The summed E-state index contributed by atoms with van der Waals surface area (Å²) >= 11 is 3.59. The Morgan fingerprint density at radius 1 is 1.16 bits per heavy atom. The molecule has 0 saturated heterocycles. The first kappa shape index (κ1) is 16.8. The number of fused-ring (bicyclic) bond motifs is 3. The van der Waals surface area contributed by atoms with E-state index in [0.717, 1.165) is 41.6 Å². The molecule has 4 nitrogen and oxygen atoms in total. The summed E-state index contributed by atoms with van der Waals surface area (Å²) in [4.78, 5) is 13.5. The standard InChI is InChI=1S/C19H21N3OS2/c23-11-5-10-20-18-17-14-8-4-9-15(14)25-19(17)22-16(21-18)12-24-13-6-2-1-3-7-13/h1-3,6-7,23H,4-5,8-12H2,(H,20,21,22). The molecule has 2 aromatic heterocycles. The molecule has 0 spiro atoms.